The van der Waals surface area contributed by atoms with Gasteiger partial charge in [-0.15, -0.1) is 10.2 Å². The van der Waals surface area contributed by atoms with Gasteiger partial charge in [0.15, 0.2) is 0 Å². The molecule has 1 aromatic heterocycles. The summed E-state index contributed by atoms with van der Waals surface area (Å²) in [6.45, 7) is 3.96. The molecule has 1 aliphatic rings. The minimum absolute atomic E-state index is 0.118. The second-order valence-corrected chi connectivity index (χ2v) is 4.43. The standard InChI is InChI=1S/C12H19N3O3/c1-4-18-12(16)11-14-13-8(2)15(11)9-6-5-7-10(9)17-3/h9-10H,4-7H2,1-3H3. The van der Waals surface area contributed by atoms with Gasteiger partial charge in [-0.05, 0) is 33.1 Å². The second kappa shape index (κ2) is 5.48. The molecule has 0 saturated heterocycles. The normalized spacial score (nSPS) is 23.3. The topological polar surface area (TPSA) is 66.2 Å². The number of aryl methyl sites for hydroxylation is 1. The average Bonchev–Trinajstić information content (AvgIpc) is 2.94. The van der Waals surface area contributed by atoms with Gasteiger partial charge in [0.25, 0.3) is 0 Å². The van der Waals surface area contributed by atoms with Crippen molar-refractivity contribution in [3.8, 4) is 0 Å². The predicted molar refractivity (Wildman–Crippen MR) is 64.4 cm³/mol. The zero-order valence-corrected chi connectivity index (χ0v) is 11.0. The van der Waals surface area contributed by atoms with Crippen molar-refractivity contribution < 1.29 is 14.3 Å². The summed E-state index contributed by atoms with van der Waals surface area (Å²) in [5.74, 6) is 0.593. The van der Waals surface area contributed by atoms with E-state index in [1.54, 1.807) is 14.0 Å². The van der Waals surface area contributed by atoms with Crippen LogP contribution in [0.15, 0.2) is 0 Å². The predicted octanol–water partition coefficient (Wildman–Crippen LogP) is 1.50. The largest absolute Gasteiger partial charge is 0.460 e. The van der Waals surface area contributed by atoms with Crippen molar-refractivity contribution in [2.24, 2.45) is 0 Å². The van der Waals surface area contributed by atoms with Crippen molar-refractivity contribution in [1.82, 2.24) is 14.8 Å². The second-order valence-electron chi connectivity index (χ2n) is 4.43. The summed E-state index contributed by atoms with van der Waals surface area (Å²) in [7, 11) is 1.70. The number of carbonyl (C=O) groups excluding carboxylic acids is 1. The molecule has 0 amide bonds. The lowest BCUT2D eigenvalue weighted by atomic mass is 10.2. The van der Waals surface area contributed by atoms with Gasteiger partial charge in [0.2, 0.25) is 5.82 Å². The van der Waals surface area contributed by atoms with Gasteiger partial charge in [-0.2, -0.15) is 0 Å². The van der Waals surface area contributed by atoms with Crippen molar-refractivity contribution in [2.45, 2.75) is 45.3 Å². The van der Waals surface area contributed by atoms with Crippen molar-refractivity contribution in [1.29, 1.82) is 0 Å². The van der Waals surface area contributed by atoms with E-state index in [9.17, 15) is 4.79 Å². The van der Waals surface area contributed by atoms with Crippen LogP contribution in [0.2, 0.25) is 0 Å². The Labute approximate surface area is 106 Å². The van der Waals surface area contributed by atoms with Gasteiger partial charge in [-0.1, -0.05) is 0 Å². The summed E-state index contributed by atoms with van der Waals surface area (Å²) in [4.78, 5) is 11.8. The molecule has 100 valence electrons. The Morgan fingerprint density at radius 3 is 2.89 bits per heavy atom. The highest BCUT2D eigenvalue weighted by molar-refractivity contribution is 5.85. The molecule has 0 bridgehead atoms. The van der Waals surface area contributed by atoms with Gasteiger partial charge in [-0.25, -0.2) is 4.79 Å². The third kappa shape index (κ3) is 2.25. The highest BCUT2D eigenvalue weighted by Gasteiger charge is 2.33. The number of rotatable bonds is 4. The number of nitrogens with zero attached hydrogens (tertiary/aromatic N) is 3. The molecule has 0 N–H and O–H groups in total. The summed E-state index contributed by atoms with van der Waals surface area (Å²) in [5.41, 5.74) is 0. The van der Waals surface area contributed by atoms with E-state index in [2.05, 4.69) is 10.2 Å². The smallest absolute Gasteiger partial charge is 0.376 e. The van der Waals surface area contributed by atoms with Gasteiger partial charge in [0, 0.05) is 7.11 Å². The van der Waals surface area contributed by atoms with Crippen molar-refractivity contribution >= 4 is 5.97 Å². The number of carbonyl (C=O) groups is 1. The number of hydrogen-bond donors (Lipinski definition) is 0. The molecule has 2 rings (SSSR count). The molecule has 0 radical (unpaired) electrons. The minimum atomic E-state index is -0.417. The van der Waals surface area contributed by atoms with Crippen molar-refractivity contribution in [3.05, 3.63) is 11.6 Å². The van der Waals surface area contributed by atoms with Gasteiger partial charge in [0.05, 0.1) is 18.8 Å². The van der Waals surface area contributed by atoms with Gasteiger partial charge in [0.1, 0.15) is 5.82 Å². The Morgan fingerprint density at radius 1 is 1.44 bits per heavy atom. The van der Waals surface area contributed by atoms with E-state index in [0.29, 0.717) is 6.61 Å². The van der Waals surface area contributed by atoms with Crippen LogP contribution in [-0.2, 0) is 9.47 Å². The summed E-state index contributed by atoms with van der Waals surface area (Å²) >= 11 is 0. The SMILES string of the molecule is CCOC(=O)c1nnc(C)n1C1CCCC1OC. The zero-order valence-electron chi connectivity index (χ0n) is 11.0. The molecule has 1 fully saturated rings. The first-order valence-electron chi connectivity index (χ1n) is 6.30. The lowest BCUT2D eigenvalue weighted by Gasteiger charge is -2.21. The summed E-state index contributed by atoms with van der Waals surface area (Å²) in [6, 6.07) is 0.129. The maximum absolute atomic E-state index is 11.8. The van der Waals surface area contributed by atoms with E-state index >= 15 is 0 Å². The molecule has 0 spiro atoms. The van der Waals surface area contributed by atoms with Crippen LogP contribution in [0.5, 0.6) is 0 Å². The van der Waals surface area contributed by atoms with Crippen LogP contribution < -0.4 is 0 Å². The molecular formula is C12H19N3O3. The number of ether oxygens (including phenoxy) is 2. The van der Waals surface area contributed by atoms with Crippen LogP contribution in [0, 0.1) is 6.92 Å². The molecule has 1 saturated carbocycles. The Balaban J connectivity index is 2.31. The van der Waals surface area contributed by atoms with Crippen LogP contribution in [0.25, 0.3) is 0 Å². The van der Waals surface area contributed by atoms with Gasteiger partial charge in [-0.3, -0.25) is 4.57 Å². The lowest BCUT2D eigenvalue weighted by molar-refractivity contribution is 0.0475. The summed E-state index contributed by atoms with van der Waals surface area (Å²) in [6.07, 6.45) is 3.18. The van der Waals surface area contributed by atoms with E-state index in [4.69, 9.17) is 9.47 Å². The van der Waals surface area contributed by atoms with E-state index in [-0.39, 0.29) is 18.0 Å². The van der Waals surface area contributed by atoms with Crippen LogP contribution in [0.1, 0.15) is 48.7 Å². The first-order chi connectivity index (χ1) is 8.69. The lowest BCUT2D eigenvalue weighted by Crippen LogP contribution is -2.25. The fraction of sp³-hybridized carbons (Fsp3) is 0.750. The minimum Gasteiger partial charge on any atom is -0.460 e. The maximum Gasteiger partial charge on any atom is 0.376 e. The molecule has 1 heterocycles. The van der Waals surface area contributed by atoms with Crippen molar-refractivity contribution in [2.75, 3.05) is 13.7 Å². The molecule has 0 aromatic carbocycles. The highest BCUT2D eigenvalue weighted by Crippen LogP contribution is 2.33. The average molecular weight is 253 g/mol. The van der Waals surface area contributed by atoms with Crippen LogP contribution >= 0.6 is 0 Å². The third-order valence-corrected chi connectivity index (χ3v) is 3.38. The van der Waals surface area contributed by atoms with E-state index in [1.807, 2.05) is 11.5 Å². The number of esters is 1. The Morgan fingerprint density at radius 2 is 2.22 bits per heavy atom. The number of hydrogen-bond acceptors (Lipinski definition) is 5. The van der Waals surface area contributed by atoms with Gasteiger partial charge >= 0.3 is 5.97 Å². The molecular weight excluding hydrogens is 234 g/mol. The molecule has 6 nitrogen and oxygen atoms in total. The van der Waals surface area contributed by atoms with Crippen LogP contribution in [-0.4, -0.2) is 40.6 Å². The van der Waals surface area contributed by atoms with E-state index in [1.165, 1.54) is 0 Å². The first kappa shape index (κ1) is 13.0. The quantitative estimate of drug-likeness (QED) is 0.761. The molecule has 2 unspecified atom stereocenters. The molecule has 1 aromatic rings. The summed E-state index contributed by atoms with van der Waals surface area (Å²) in [5, 5.41) is 7.92. The van der Waals surface area contributed by atoms with Gasteiger partial charge < -0.3 is 9.47 Å². The van der Waals surface area contributed by atoms with E-state index in [0.717, 1.165) is 25.1 Å². The molecule has 1 aliphatic carbocycles. The molecule has 2 atom stereocenters. The zero-order chi connectivity index (χ0) is 13.1. The Kier molecular flexibility index (Phi) is 3.96. The van der Waals surface area contributed by atoms with Crippen molar-refractivity contribution in [3.63, 3.8) is 0 Å². The Hall–Kier alpha value is -1.43. The van der Waals surface area contributed by atoms with E-state index < -0.39 is 5.97 Å². The molecule has 0 aliphatic heterocycles. The fourth-order valence-corrected chi connectivity index (χ4v) is 2.58. The monoisotopic (exact) mass is 253 g/mol. The molecule has 18 heavy (non-hydrogen) atoms. The number of methoxy groups -OCH3 is 1. The maximum atomic E-state index is 11.8. The van der Waals surface area contributed by atoms with Crippen LogP contribution in [0.3, 0.4) is 0 Å². The Bertz CT molecular complexity index is 430. The fourth-order valence-electron chi connectivity index (χ4n) is 2.58. The first-order valence-corrected chi connectivity index (χ1v) is 6.30. The third-order valence-electron chi connectivity index (χ3n) is 3.38. The number of aromatic nitrogens is 3. The molecule has 6 heteroatoms. The van der Waals surface area contributed by atoms with Crippen LogP contribution in [0.4, 0.5) is 0 Å². The highest BCUT2D eigenvalue weighted by atomic mass is 16.5. The summed E-state index contributed by atoms with van der Waals surface area (Å²) < 4.78 is 12.3.